The van der Waals surface area contributed by atoms with E-state index in [-0.39, 0.29) is 19.0 Å². The SMILES string of the molecule is CCCCN(CCCl)C(=O)c1c(F)c(F)c(F)c(F)c1F. The van der Waals surface area contributed by atoms with Crippen molar-refractivity contribution in [2.45, 2.75) is 19.8 Å². The fourth-order valence-corrected chi connectivity index (χ4v) is 1.92. The minimum atomic E-state index is -2.29. The summed E-state index contributed by atoms with van der Waals surface area (Å²) in [4.78, 5) is 13.0. The summed E-state index contributed by atoms with van der Waals surface area (Å²) >= 11 is 5.48. The third-order valence-corrected chi connectivity index (χ3v) is 3.02. The highest BCUT2D eigenvalue weighted by molar-refractivity contribution is 6.18. The van der Waals surface area contributed by atoms with Gasteiger partial charge in [-0.15, -0.1) is 11.6 Å². The van der Waals surface area contributed by atoms with Gasteiger partial charge in [0.05, 0.1) is 0 Å². The van der Waals surface area contributed by atoms with Gasteiger partial charge in [-0.05, 0) is 6.42 Å². The quantitative estimate of drug-likeness (QED) is 0.336. The lowest BCUT2D eigenvalue weighted by atomic mass is 10.1. The number of carbonyl (C=O) groups excluding carboxylic acids is 1. The molecule has 0 saturated carbocycles. The Labute approximate surface area is 123 Å². The maximum atomic E-state index is 13.6. The molecule has 0 saturated heterocycles. The van der Waals surface area contributed by atoms with Crippen LogP contribution in [0, 0.1) is 29.1 Å². The van der Waals surface area contributed by atoms with Crippen LogP contribution in [0.5, 0.6) is 0 Å². The molecule has 0 aromatic heterocycles. The summed E-state index contributed by atoms with van der Waals surface area (Å²) in [5.74, 6) is -12.1. The Bertz CT molecular complexity index is 509. The van der Waals surface area contributed by atoms with Gasteiger partial charge in [-0.25, -0.2) is 22.0 Å². The monoisotopic (exact) mass is 329 g/mol. The molecule has 1 aromatic carbocycles. The van der Waals surface area contributed by atoms with Crippen molar-refractivity contribution in [2.75, 3.05) is 19.0 Å². The largest absolute Gasteiger partial charge is 0.337 e. The van der Waals surface area contributed by atoms with Crippen molar-refractivity contribution < 1.29 is 26.7 Å². The Morgan fingerprint density at radius 3 is 1.86 bits per heavy atom. The molecule has 2 nitrogen and oxygen atoms in total. The van der Waals surface area contributed by atoms with Gasteiger partial charge in [0, 0.05) is 19.0 Å². The van der Waals surface area contributed by atoms with E-state index in [0.29, 0.717) is 12.8 Å². The van der Waals surface area contributed by atoms with E-state index in [1.54, 1.807) is 0 Å². The van der Waals surface area contributed by atoms with Gasteiger partial charge < -0.3 is 4.90 Å². The number of hydrogen-bond acceptors (Lipinski definition) is 1. The third kappa shape index (κ3) is 3.64. The van der Waals surface area contributed by atoms with Crippen molar-refractivity contribution in [2.24, 2.45) is 0 Å². The van der Waals surface area contributed by atoms with Crippen LogP contribution >= 0.6 is 11.6 Å². The summed E-state index contributed by atoms with van der Waals surface area (Å²) in [6.07, 6.45) is 1.20. The van der Waals surface area contributed by atoms with Crippen molar-refractivity contribution in [3.63, 3.8) is 0 Å². The normalized spacial score (nSPS) is 10.8. The summed E-state index contributed by atoms with van der Waals surface area (Å²) in [7, 11) is 0. The molecule has 0 unspecified atom stereocenters. The number of halogens is 6. The zero-order chi connectivity index (χ0) is 16.2. The summed E-state index contributed by atoms with van der Waals surface area (Å²) < 4.78 is 66.3. The lowest BCUT2D eigenvalue weighted by Gasteiger charge is -2.22. The molecule has 8 heteroatoms. The fraction of sp³-hybridized carbons (Fsp3) is 0.462. The molecule has 0 atom stereocenters. The summed E-state index contributed by atoms with van der Waals surface area (Å²) in [5.41, 5.74) is -1.45. The smallest absolute Gasteiger partial charge is 0.260 e. The molecule has 1 amide bonds. The topological polar surface area (TPSA) is 20.3 Å². The van der Waals surface area contributed by atoms with Gasteiger partial charge in [-0.2, -0.15) is 0 Å². The van der Waals surface area contributed by atoms with Crippen LogP contribution in [0.1, 0.15) is 30.1 Å². The van der Waals surface area contributed by atoms with Gasteiger partial charge in [0.15, 0.2) is 23.3 Å². The Morgan fingerprint density at radius 2 is 1.43 bits per heavy atom. The molecule has 0 N–H and O–H groups in total. The number of rotatable bonds is 6. The molecule has 0 bridgehead atoms. The first kappa shape index (κ1) is 17.7. The molecule has 0 aliphatic rings. The summed E-state index contributed by atoms with van der Waals surface area (Å²) in [5, 5.41) is 0. The maximum absolute atomic E-state index is 13.6. The highest BCUT2D eigenvalue weighted by atomic mass is 35.5. The molecule has 118 valence electrons. The number of carbonyl (C=O) groups is 1. The minimum absolute atomic E-state index is 0.0230. The fourth-order valence-electron chi connectivity index (χ4n) is 1.72. The van der Waals surface area contributed by atoms with E-state index in [0.717, 1.165) is 4.90 Å². The van der Waals surface area contributed by atoms with Crippen molar-refractivity contribution >= 4 is 17.5 Å². The van der Waals surface area contributed by atoms with Crippen LogP contribution in [-0.2, 0) is 0 Å². The van der Waals surface area contributed by atoms with E-state index in [4.69, 9.17) is 11.6 Å². The number of alkyl halides is 1. The predicted molar refractivity (Wildman–Crippen MR) is 67.8 cm³/mol. The first-order chi connectivity index (χ1) is 9.86. The second-order valence-corrected chi connectivity index (χ2v) is 4.66. The number of hydrogen-bond donors (Lipinski definition) is 0. The van der Waals surface area contributed by atoms with Gasteiger partial charge in [0.1, 0.15) is 5.56 Å². The van der Waals surface area contributed by atoms with E-state index >= 15 is 0 Å². The summed E-state index contributed by atoms with van der Waals surface area (Å²) in [6, 6.07) is 0. The van der Waals surface area contributed by atoms with E-state index in [2.05, 4.69) is 0 Å². The first-order valence-corrected chi connectivity index (χ1v) is 6.76. The van der Waals surface area contributed by atoms with Crippen LogP contribution in [0.2, 0.25) is 0 Å². The highest BCUT2D eigenvalue weighted by Crippen LogP contribution is 2.24. The zero-order valence-corrected chi connectivity index (χ0v) is 11.9. The van der Waals surface area contributed by atoms with E-state index < -0.39 is 40.6 Å². The summed E-state index contributed by atoms with van der Waals surface area (Å²) in [6.45, 7) is 1.88. The van der Waals surface area contributed by atoms with Gasteiger partial charge in [-0.1, -0.05) is 13.3 Å². The molecular weight excluding hydrogens is 317 g/mol. The lowest BCUT2D eigenvalue weighted by Crippen LogP contribution is -2.35. The molecule has 0 spiro atoms. The number of unbranched alkanes of at least 4 members (excludes halogenated alkanes) is 1. The third-order valence-electron chi connectivity index (χ3n) is 2.85. The first-order valence-electron chi connectivity index (χ1n) is 6.23. The van der Waals surface area contributed by atoms with Gasteiger partial charge in [0.25, 0.3) is 5.91 Å². The van der Waals surface area contributed by atoms with Crippen molar-refractivity contribution in [3.8, 4) is 0 Å². The molecule has 0 radical (unpaired) electrons. The molecular formula is C13H13ClF5NO. The minimum Gasteiger partial charge on any atom is -0.337 e. The van der Waals surface area contributed by atoms with Gasteiger partial charge in [0.2, 0.25) is 5.82 Å². The highest BCUT2D eigenvalue weighted by Gasteiger charge is 2.31. The van der Waals surface area contributed by atoms with Crippen LogP contribution < -0.4 is 0 Å². The molecule has 21 heavy (non-hydrogen) atoms. The van der Waals surface area contributed by atoms with Crippen LogP contribution in [0.4, 0.5) is 22.0 Å². The molecule has 0 aliphatic carbocycles. The lowest BCUT2D eigenvalue weighted by molar-refractivity contribution is 0.0750. The van der Waals surface area contributed by atoms with Crippen molar-refractivity contribution in [1.29, 1.82) is 0 Å². The number of amides is 1. The average molecular weight is 330 g/mol. The molecule has 1 rings (SSSR count). The maximum Gasteiger partial charge on any atom is 0.260 e. The van der Waals surface area contributed by atoms with Crippen molar-refractivity contribution in [1.82, 2.24) is 4.90 Å². The number of benzene rings is 1. The zero-order valence-electron chi connectivity index (χ0n) is 11.2. The Balaban J connectivity index is 3.27. The Hall–Kier alpha value is -1.37. The van der Waals surface area contributed by atoms with E-state index in [1.165, 1.54) is 0 Å². The predicted octanol–water partition coefficient (Wildman–Crippen LogP) is 3.86. The second kappa shape index (κ2) is 7.59. The van der Waals surface area contributed by atoms with Crippen LogP contribution in [0.25, 0.3) is 0 Å². The Kier molecular flexibility index (Phi) is 6.39. The standard InChI is InChI=1S/C13H13ClF5NO/c1-2-3-5-20(6-4-14)13(21)7-8(15)10(17)12(19)11(18)9(7)16/h2-6H2,1H3. The van der Waals surface area contributed by atoms with E-state index in [9.17, 15) is 26.7 Å². The molecule has 1 aromatic rings. The second-order valence-electron chi connectivity index (χ2n) is 4.28. The molecule has 0 aliphatic heterocycles. The van der Waals surface area contributed by atoms with Gasteiger partial charge >= 0.3 is 0 Å². The molecule has 0 heterocycles. The number of nitrogens with zero attached hydrogens (tertiary/aromatic N) is 1. The van der Waals surface area contributed by atoms with Crippen molar-refractivity contribution in [3.05, 3.63) is 34.6 Å². The average Bonchev–Trinajstić information content (AvgIpc) is 2.47. The van der Waals surface area contributed by atoms with Crippen LogP contribution in [0.15, 0.2) is 0 Å². The van der Waals surface area contributed by atoms with Crippen LogP contribution in [0.3, 0.4) is 0 Å². The van der Waals surface area contributed by atoms with E-state index in [1.807, 2.05) is 6.92 Å². The van der Waals surface area contributed by atoms with Gasteiger partial charge in [-0.3, -0.25) is 4.79 Å². The molecule has 0 fully saturated rings. The Morgan fingerprint density at radius 1 is 0.952 bits per heavy atom. The van der Waals surface area contributed by atoms with Crippen LogP contribution in [-0.4, -0.2) is 29.8 Å².